The van der Waals surface area contributed by atoms with Crippen LogP contribution in [-0.4, -0.2) is 48.0 Å². The van der Waals surface area contributed by atoms with E-state index in [0.29, 0.717) is 19.6 Å². The molecule has 110 valence electrons. The van der Waals surface area contributed by atoms with E-state index < -0.39 is 10.0 Å². The first kappa shape index (κ1) is 16.4. The second-order valence-corrected chi connectivity index (χ2v) is 6.52. The summed E-state index contributed by atoms with van der Waals surface area (Å²) < 4.78 is 28.2. The van der Waals surface area contributed by atoms with Crippen LogP contribution in [0.15, 0.2) is 11.2 Å². The molecule has 1 N–H and O–H groups in total. The van der Waals surface area contributed by atoms with Gasteiger partial charge in [-0.3, -0.25) is 0 Å². The molecule has 0 aliphatic carbocycles. The lowest BCUT2D eigenvalue weighted by atomic mass is 10.3. The van der Waals surface area contributed by atoms with E-state index in [4.69, 9.17) is 0 Å². The quantitative estimate of drug-likeness (QED) is 0.889. The van der Waals surface area contributed by atoms with Crippen molar-refractivity contribution < 1.29 is 8.42 Å². The lowest BCUT2D eigenvalue weighted by Gasteiger charge is -2.30. The molecule has 1 aromatic rings. The van der Waals surface area contributed by atoms with Crippen molar-refractivity contribution in [2.75, 3.05) is 19.6 Å². The summed E-state index contributed by atoms with van der Waals surface area (Å²) in [6.45, 7) is 8.20. The average molecular weight is 309 g/mol. The molecule has 1 atom stereocenters. The van der Waals surface area contributed by atoms with Crippen LogP contribution < -0.4 is 5.32 Å². The van der Waals surface area contributed by atoms with Crippen LogP contribution >= 0.6 is 12.4 Å². The largest absolute Gasteiger partial charge is 0.334 e. The first-order valence-electron chi connectivity index (χ1n) is 6.22. The Kier molecular flexibility index (Phi) is 5.37. The van der Waals surface area contributed by atoms with Crippen LogP contribution in [-0.2, 0) is 16.6 Å². The Balaban J connectivity index is 0.00000180. The number of aromatic nitrogens is 2. The minimum Gasteiger partial charge on any atom is -0.334 e. The highest BCUT2D eigenvalue weighted by Crippen LogP contribution is 2.16. The molecule has 2 rings (SSSR count). The Morgan fingerprint density at radius 3 is 2.74 bits per heavy atom. The molecule has 1 unspecified atom stereocenters. The molecular formula is C11H21ClN4O2S. The highest BCUT2D eigenvalue weighted by atomic mass is 35.5. The predicted molar refractivity (Wildman–Crippen MR) is 76.1 cm³/mol. The van der Waals surface area contributed by atoms with Gasteiger partial charge in [-0.25, -0.2) is 13.4 Å². The molecule has 1 aromatic heterocycles. The monoisotopic (exact) mass is 308 g/mol. The third-order valence-corrected chi connectivity index (χ3v) is 4.97. The minimum absolute atomic E-state index is 0. The number of rotatable bonds is 3. The van der Waals surface area contributed by atoms with E-state index in [1.165, 1.54) is 4.31 Å². The summed E-state index contributed by atoms with van der Waals surface area (Å²) in [5.74, 6) is 0.735. The van der Waals surface area contributed by atoms with Gasteiger partial charge in [0.1, 0.15) is 5.82 Å². The van der Waals surface area contributed by atoms with E-state index >= 15 is 0 Å². The zero-order chi connectivity index (χ0) is 13.3. The van der Waals surface area contributed by atoms with Crippen molar-refractivity contribution in [3.8, 4) is 0 Å². The average Bonchev–Trinajstić information content (AvgIpc) is 2.71. The van der Waals surface area contributed by atoms with Crippen LogP contribution in [0, 0.1) is 6.92 Å². The number of imidazole rings is 1. The summed E-state index contributed by atoms with van der Waals surface area (Å²) in [5.41, 5.74) is 0. The van der Waals surface area contributed by atoms with E-state index in [2.05, 4.69) is 10.3 Å². The van der Waals surface area contributed by atoms with Crippen LogP contribution in [0.3, 0.4) is 0 Å². The van der Waals surface area contributed by atoms with Crippen molar-refractivity contribution in [2.24, 2.45) is 0 Å². The Bertz CT molecular complexity index is 529. The molecule has 1 aliphatic heterocycles. The number of hydrogen-bond acceptors (Lipinski definition) is 4. The zero-order valence-corrected chi connectivity index (χ0v) is 13.1. The van der Waals surface area contributed by atoms with Gasteiger partial charge in [0.15, 0.2) is 5.03 Å². The SMILES string of the molecule is CCn1cc(S(=O)(=O)N2CCNC(C)C2)nc1C.Cl. The number of piperazine rings is 1. The topological polar surface area (TPSA) is 67.2 Å². The summed E-state index contributed by atoms with van der Waals surface area (Å²) in [4.78, 5) is 4.17. The van der Waals surface area contributed by atoms with E-state index in [0.717, 1.165) is 12.4 Å². The first-order chi connectivity index (χ1) is 8.45. The molecule has 0 aromatic carbocycles. The molecule has 0 radical (unpaired) electrons. The Morgan fingerprint density at radius 1 is 1.53 bits per heavy atom. The van der Waals surface area contributed by atoms with Crippen molar-refractivity contribution in [1.82, 2.24) is 19.2 Å². The molecule has 0 amide bonds. The molecule has 8 heteroatoms. The molecule has 0 bridgehead atoms. The Hall–Kier alpha value is -0.630. The normalized spacial score (nSPS) is 21.1. The summed E-state index contributed by atoms with van der Waals surface area (Å²) >= 11 is 0. The number of sulfonamides is 1. The standard InChI is InChI=1S/C11H20N4O2S.ClH/c1-4-14-8-11(13-10(14)3)18(16,17)15-6-5-12-9(2)7-15;/h8-9,12H,4-7H2,1-3H3;1H. The first-order valence-corrected chi connectivity index (χ1v) is 7.66. The van der Waals surface area contributed by atoms with Crippen LogP contribution in [0.1, 0.15) is 19.7 Å². The number of hydrogen-bond donors (Lipinski definition) is 1. The number of aryl methyl sites for hydroxylation is 2. The highest BCUT2D eigenvalue weighted by molar-refractivity contribution is 7.89. The molecular weight excluding hydrogens is 288 g/mol. The highest BCUT2D eigenvalue weighted by Gasteiger charge is 2.30. The van der Waals surface area contributed by atoms with E-state index in [1.807, 2.05) is 25.3 Å². The summed E-state index contributed by atoms with van der Waals surface area (Å²) in [6, 6.07) is 0.183. The molecule has 6 nitrogen and oxygen atoms in total. The number of halogens is 1. The minimum atomic E-state index is -3.45. The maximum Gasteiger partial charge on any atom is 0.262 e. The Labute approximate surface area is 120 Å². The van der Waals surface area contributed by atoms with Gasteiger partial charge in [0.2, 0.25) is 0 Å². The smallest absolute Gasteiger partial charge is 0.262 e. The van der Waals surface area contributed by atoms with Gasteiger partial charge in [0.25, 0.3) is 10.0 Å². The summed E-state index contributed by atoms with van der Waals surface area (Å²) in [7, 11) is -3.45. The van der Waals surface area contributed by atoms with Crippen molar-refractivity contribution >= 4 is 22.4 Å². The third-order valence-electron chi connectivity index (χ3n) is 3.23. The van der Waals surface area contributed by atoms with Crippen molar-refractivity contribution in [2.45, 2.75) is 38.4 Å². The molecule has 1 saturated heterocycles. The van der Waals surface area contributed by atoms with Gasteiger partial charge >= 0.3 is 0 Å². The van der Waals surface area contributed by atoms with Crippen LogP contribution in [0.4, 0.5) is 0 Å². The molecule has 1 aliphatic rings. The van der Waals surface area contributed by atoms with E-state index in [-0.39, 0.29) is 23.5 Å². The number of nitrogens with one attached hydrogen (secondary N) is 1. The van der Waals surface area contributed by atoms with Gasteiger partial charge in [0.05, 0.1) is 0 Å². The third kappa shape index (κ3) is 3.28. The zero-order valence-electron chi connectivity index (χ0n) is 11.5. The van der Waals surface area contributed by atoms with Crippen molar-refractivity contribution in [3.63, 3.8) is 0 Å². The van der Waals surface area contributed by atoms with E-state index in [1.54, 1.807) is 6.20 Å². The van der Waals surface area contributed by atoms with Gasteiger partial charge in [-0.1, -0.05) is 0 Å². The van der Waals surface area contributed by atoms with Crippen molar-refractivity contribution in [1.29, 1.82) is 0 Å². The number of nitrogens with zero attached hydrogens (tertiary/aromatic N) is 3. The van der Waals surface area contributed by atoms with Gasteiger partial charge < -0.3 is 9.88 Å². The fourth-order valence-electron chi connectivity index (χ4n) is 2.17. The van der Waals surface area contributed by atoms with Gasteiger partial charge in [-0.2, -0.15) is 4.31 Å². The maximum atomic E-state index is 12.4. The maximum absolute atomic E-state index is 12.4. The fourth-order valence-corrected chi connectivity index (χ4v) is 3.70. The van der Waals surface area contributed by atoms with Crippen LogP contribution in [0.25, 0.3) is 0 Å². The molecule has 0 saturated carbocycles. The molecule has 2 heterocycles. The lowest BCUT2D eigenvalue weighted by Crippen LogP contribution is -2.51. The van der Waals surface area contributed by atoms with Crippen molar-refractivity contribution in [3.05, 3.63) is 12.0 Å². The van der Waals surface area contributed by atoms with Crippen LogP contribution in [0.2, 0.25) is 0 Å². The second kappa shape index (κ2) is 6.21. The molecule has 1 fully saturated rings. The fraction of sp³-hybridized carbons (Fsp3) is 0.727. The summed E-state index contributed by atoms with van der Waals surface area (Å²) in [5, 5.41) is 3.39. The van der Waals surface area contributed by atoms with Gasteiger partial charge in [0, 0.05) is 38.4 Å². The van der Waals surface area contributed by atoms with Gasteiger partial charge in [-0.15, -0.1) is 12.4 Å². The van der Waals surface area contributed by atoms with E-state index in [9.17, 15) is 8.42 Å². The molecule has 0 spiro atoms. The lowest BCUT2D eigenvalue weighted by molar-refractivity contribution is 0.309. The summed E-state index contributed by atoms with van der Waals surface area (Å²) in [6.07, 6.45) is 1.62. The Morgan fingerprint density at radius 2 is 2.21 bits per heavy atom. The second-order valence-electron chi connectivity index (χ2n) is 4.63. The van der Waals surface area contributed by atoms with Crippen LogP contribution in [0.5, 0.6) is 0 Å². The molecule has 19 heavy (non-hydrogen) atoms. The van der Waals surface area contributed by atoms with Gasteiger partial charge in [-0.05, 0) is 20.8 Å². The predicted octanol–water partition coefficient (Wildman–Crippen LogP) is 0.616.